The van der Waals surface area contributed by atoms with Crippen molar-refractivity contribution in [2.24, 2.45) is 0 Å². The average molecular weight is 418 g/mol. The lowest BCUT2D eigenvalue weighted by Gasteiger charge is -2.16. The summed E-state index contributed by atoms with van der Waals surface area (Å²) in [4.78, 5) is 36.5. The number of carboxylic acid groups (broad SMARTS) is 1. The van der Waals surface area contributed by atoms with Crippen LogP contribution < -0.4 is 15.4 Å². The first-order chi connectivity index (χ1) is 13.9. The van der Waals surface area contributed by atoms with Gasteiger partial charge in [-0.3, -0.25) is 9.59 Å². The van der Waals surface area contributed by atoms with Crippen molar-refractivity contribution in [3.8, 4) is 5.75 Å². The van der Waals surface area contributed by atoms with Gasteiger partial charge in [-0.2, -0.15) is 11.8 Å². The van der Waals surface area contributed by atoms with Crippen LogP contribution in [0.15, 0.2) is 52.8 Å². The lowest BCUT2D eigenvalue weighted by atomic mass is 10.1. The molecular formula is C20H22N2O6S. The highest BCUT2D eigenvalue weighted by atomic mass is 32.2. The number of hydrogen-bond acceptors (Lipinski definition) is 6. The molecule has 2 amide bonds. The monoisotopic (exact) mass is 418 g/mol. The van der Waals surface area contributed by atoms with Gasteiger partial charge in [-0.1, -0.05) is 12.1 Å². The second-order valence-electron chi connectivity index (χ2n) is 5.91. The van der Waals surface area contributed by atoms with E-state index in [1.165, 1.54) is 37.3 Å². The number of ether oxygens (including phenoxy) is 1. The van der Waals surface area contributed by atoms with Crippen molar-refractivity contribution in [1.82, 2.24) is 10.6 Å². The molecule has 1 aromatic carbocycles. The average Bonchev–Trinajstić information content (AvgIpc) is 3.25. The van der Waals surface area contributed by atoms with E-state index < -0.39 is 23.8 Å². The van der Waals surface area contributed by atoms with E-state index in [0.29, 0.717) is 17.1 Å². The van der Waals surface area contributed by atoms with Crippen molar-refractivity contribution in [1.29, 1.82) is 0 Å². The summed E-state index contributed by atoms with van der Waals surface area (Å²) in [6.45, 7) is 0. The predicted molar refractivity (Wildman–Crippen MR) is 110 cm³/mol. The number of thioether (sulfide) groups is 1. The van der Waals surface area contributed by atoms with Gasteiger partial charge in [0.15, 0.2) is 5.76 Å². The molecule has 9 heteroatoms. The summed E-state index contributed by atoms with van der Waals surface area (Å²) < 4.78 is 10.1. The number of amides is 2. The maximum absolute atomic E-state index is 12.7. The smallest absolute Gasteiger partial charge is 0.326 e. The van der Waals surface area contributed by atoms with Gasteiger partial charge in [0.05, 0.1) is 13.4 Å². The molecule has 2 rings (SSSR count). The standard InChI is InChI=1S/C20H22N2O6S/c1-27-14-7-5-13(6-8-14)12-16(22-19(24)17-4-3-10-28-17)18(23)21-15(20(25)26)9-11-29-2/h3-8,10,12,15H,9,11H2,1-2H3,(H,21,23)(H,22,24)(H,25,26). The van der Waals surface area contributed by atoms with Gasteiger partial charge >= 0.3 is 5.97 Å². The van der Waals surface area contributed by atoms with E-state index >= 15 is 0 Å². The van der Waals surface area contributed by atoms with E-state index in [0.717, 1.165) is 0 Å². The topological polar surface area (TPSA) is 118 Å². The molecule has 1 unspecified atom stereocenters. The van der Waals surface area contributed by atoms with Gasteiger partial charge in [0, 0.05) is 0 Å². The van der Waals surface area contributed by atoms with Gasteiger partial charge in [-0.15, -0.1) is 0 Å². The van der Waals surface area contributed by atoms with E-state index in [2.05, 4.69) is 10.6 Å². The van der Waals surface area contributed by atoms with Crippen molar-refractivity contribution in [2.45, 2.75) is 12.5 Å². The summed E-state index contributed by atoms with van der Waals surface area (Å²) in [6, 6.07) is 8.74. The van der Waals surface area contributed by atoms with Crippen LogP contribution in [0, 0.1) is 0 Å². The first-order valence-corrected chi connectivity index (χ1v) is 10.1. The van der Waals surface area contributed by atoms with Crippen LogP contribution in [0.25, 0.3) is 6.08 Å². The Hall–Kier alpha value is -3.20. The van der Waals surface area contributed by atoms with Crippen LogP contribution in [-0.4, -0.2) is 48.1 Å². The quantitative estimate of drug-likeness (QED) is 0.507. The molecule has 29 heavy (non-hydrogen) atoms. The lowest BCUT2D eigenvalue weighted by Crippen LogP contribution is -2.44. The zero-order chi connectivity index (χ0) is 21.2. The van der Waals surface area contributed by atoms with Gasteiger partial charge in [0.1, 0.15) is 17.5 Å². The van der Waals surface area contributed by atoms with Crippen molar-refractivity contribution < 1.29 is 28.6 Å². The van der Waals surface area contributed by atoms with Crippen molar-refractivity contribution >= 4 is 35.6 Å². The number of rotatable bonds is 10. The van der Waals surface area contributed by atoms with Crippen LogP contribution in [0.5, 0.6) is 5.75 Å². The first-order valence-electron chi connectivity index (χ1n) is 8.67. The Morgan fingerprint density at radius 1 is 1.24 bits per heavy atom. The Morgan fingerprint density at radius 3 is 2.52 bits per heavy atom. The van der Waals surface area contributed by atoms with Crippen molar-refractivity contribution in [3.63, 3.8) is 0 Å². The largest absolute Gasteiger partial charge is 0.497 e. The molecule has 8 nitrogen and oxygen atoms in total. The van der Waals surface area contributed by atoms with Gasteiger partial charge in [-0.05, 0) is 54.3 Å². The number of methoxy groups -OCH3 is 1. The molecule has 0 radical (unpaired) electrons. The van der Waals surface area contributed by atoms with Crippen LogP contribution in [0.3, 0.4) is 0 Å². The summed E-state index contributed by atoms with van der Waals surface area (Å²) >= 11 is 1.47. The number of nitrogens with one attached hydrogen (secondary N) is 2. The van der Waals surface area contributed by atoms with Crippen LogP contribution in [0.4, 0.5) is 0 Å². The zero-order valence-electron chi connectivity index (χ0n) is 16.0. The minimum Gasteiger partial charge on any atom is -0.497 e. The van der Waals surface area contributed by atoms with E-state index in [-0.39, 0.29) is 17.9 Å². The number of carboxylic acids is 1. The van der Waals surface area contributed by atoms with Crippen LogP contribution in [-0.2, 0) is 9.59 Å². The Labute approximate surface area is 172 Å². The summed E-state index contributed by atoms with van der Waals surface area (Å²) in [7, 11) is 1.54. The van der Waals surface area contributed by atoms with Crippen molar-refractivity contribution in [2.75, 3.05) is 19.1 Å². The first kappa shape index (κ1) is 22.1. The number of aliphatic carboxylic acids is 1. The third-order valence-corrected chi connectivity index (χ3v) is 4.52. The Bertz CT molecular complexity index is 862. The Kier molecular flexibility index (Phi) is 8.35. The summed E-state index contributed by atoms with van der Waals surface area (Å²) in [5.74, 6) is -1.26. The number of benzene rings is 1. The molecule has 3 N–H and O–H groups in total. The SMILES string of the molecule is COc1ccc(C=C(NC(=O)c2ccco2)C(=O)NC(CCSC)C(=O)O)cc1. The fourth-order valence-electron chi connectivity index (χ4n) is 2.35. The second-order valence-corrected chi connectivity index (χ2v) is 6.89. The normalized spacial score (nSPS) is 12.1. The third-order valence-electron chi connectivity index (χ3n) is 3.88. The Balaban J connectivity index is 2.26. The van der Waals surface area contributed by atoms with E-state index in [9.17, 15) is 19.5 Å². The maximum Gasteiger partial charge on any atom is 0.326 e. The molecule has 0 saturated heterocycles. The molecule has 0 fully saturated rings. The molecule has 1 atom stereocenters. The molecule has 0 saturated carbocycles. The van der Waals surface area contributed by atoms with E-state index in [1.54, 1.807) is 30.3 Å². The highest BCUT2D eigenvalue weighted by molar-refractivity contribution is 7.98. The minimum absolute atomic E-state index is 0.0237. The van der Waals surface area contributed by atoms with Gasteiger partial charge in [0.2, 0.25) is 0 Å². The number of hydrogen-bond donors (Lipinski definition) is 3. The fourth-order valence-corrected chi connectivity index (χ4v) is 2.82. The van der Waals surface area contributed by atoms with Crippen LogP contribution in [0.1, 0.15) is 22.5 Å². The molecule has 0 spiro atoms. The predicted octanol–water partition coefficient (Wildman–Crippen LogP) is 2.38. The molecule has 2 aromatic rings. The maximum atomic E-state index is 12.7. The van der Waals surface area contributed by atoms with Gasteiger partial charge in [0.25, 0.3) is 11.8 Å². The van der Waals surface area contributed by atoms with Gasteiger partial charge < -0.3 is 24.9 Å². The van der Waals surface area contributed by atoms with Crippen LogP contribution >= 0.6 is 11.8 Å². The highest BCUT2D eigenvalue weighted by Crippen LogP contribution is 2.14. The molecule has 0 aliphatic rings. The number of carbonyl (C=O) groups excluding carboxylic acids is 2. The van der Waals surface area contributed by atoms with Crippen LogP contribution in [0.2, 0.25) is 0 Å². The fraction of sp³-hybridized carbons (Fsp3) is 0.250. The molecule has 1 aromatic heterocycles. The molecule has 0 aliphatic carbocycles. The molecule has 0 bridgehead atoms. The molecular weight excluding hydrogens is 396 g/mol. The van der Waals surface area contributed by atoms with E-state index in [4.69, 9.17) is 9.15 Å². The minimum atomic E-state index is -1.14. The highest BCUT2D eigenvalue weighted by Gasteiger charge is 2.23. The van der Waals surface area contributed by atoms with E-state index in [1.807, 2.05) is 6.26 Å². The second kappa shape index (κ2) is 11.0. The zero-order valence-corrected chi connectivity index (χ0v) is 16.8. The molecule has 1 heterocycles. The Morgan fingerprint density at radius 2 is 1.97 bits per heavy atom. The molecule has 0 aliphatic heterocycles. The summed E-state index contributed by atoms with van der Waals surface area (Å²) in [6.07, 6.45) is 4.89. The third kappa shape index (κ3) is 6.72. The summed E-state index contributed by atoms with van der Waals surface area (Å²) in [5.41, 5.74) is 0.513. The van der Waals surface area contributed by atoms with Crippen molar-refractivity contribution in [3.05, 3.63) is 59.7 Å². The summed E-state index contributed by atoms with van der Waals surface area (Å²) in [5, 5.41) is 14.3. The number of furan rings is 1. The molecule has 154 valence electrons. The lowest BCUT2D eigenvalue weighted by molar-refractivity contribution is -0.141. The number of carbonyl (C=O) groups is 3. The van der Waals surface area contributed by atoms with Gasteiger partial charge in [-0.25, -0.2) is 4.79 Å².